The molecule has 1 unspecified atom stereocenters. The first-order valence-corrected chi connectivity index (χ1v) is 8.16. The van der Waals surface area contributed by atoms with Crippen LogP contribution in [0.15, 0.2) is 18.2 Å². The monoisotopic (exact) mass is 324 g/mol. The fraction of sp³-hybridized carbons (Fsp3) is 0.611. The van der Waals surface area contributed by atoms with Gasteiger partial charge in [-0.15, -0.1) is 0 Å². The van der Waals surface area contributed by atoms with Gasteiger partial charge >= 0.3 is 6.09 Å². The van der Waals surface area contributed by atoms with Crippen LogP contribution in [0.2, 0.25) is 0 Å². The lowest BCUT2D eigenvalue weighted by molar-refractivity contribution is 0.0521. The van der Waals surface area contributed by atoms with Crippen molar-refractivity contribution in [2.45, 2.75) is 65.6 Å². The van der Waals surface area contributed by atoms with Crippen LogP contribution in [0, 0.1) is 12.7 Å². The molecule has 0 bridgehead atoms. The van der Waals surface area contributed by atoms with Gasteiger partial charge in [-0.1, -0.05) is 25.5 Å². The van der Waals surface area contributed by atoms with Gasteiger partial charge in [-0.2, -0.15) is 0 Å². The maximum absolute atomic E-state index is 13.3. The summed E-state index contributed by atoms with van der Waals surface area (Å²) in [5, 5.41) is 6.21. The Hall–Kier alpha value is -1.62. The van der Waals surface area contributed by atoms with Gasteiger partial charge in [0.25, 0.3) is 0 Å². The minimum absolute atomic E-state index is 0.151. The standard InChI is InChI=1S/C18H29FN2O2/c1-6-7-15(12-21-17(22)23-18(3,4)5)20-11-14-8-9-16(19)13(2)10-14/h8-10,15,20H,6-7,11-12H2,1-5H3,(H,21,22). The lowest BCUT2D eigenvalue weighted by Gasteiger charge is -2.22. The molecule has 0 spiro atoms. The van der Waals surface area contributed by atoms with Crippen molar-refractivity contribution in [1.29, 1.82) is 0 Å². The van der Waals surface area contributed by atoms with Gasteiger partial charge in [0, 0.05) is 19.1 Å². The van der Waals surface area contributed by atoms with Crippen LogP contribution in [0.25, 0.3) is 0 Å². The Morgan fingerprint density at radius 3 is 2.61 bits per heavy atom. The van der Waals surface area contributed by atoms with Crippen LogP contribution in [-0.2, 0) is 11.3 Å². The maximum Gasteiger partial charge on any atom is 0.407 e. The van der Waals surface area contributed by atoms with Gasteiger partial charge in [0.05, 0.1) is 0 Å². The smallest absolute Gasteiger partial charge is 0.407 e. The van der Waals surface area contributed by atoms with E-state index in [1.165, 1.54) is 6.07 Å². The van der Waals surface area contributed by atoms with Gasteiger partial charge in [0.1, 0.15) is 11.4 Å². The Balaban J connectivity index is 2.48. The highest BCUT2D eigenvalue weighted by atomic mass is 19.1. The Kier molecular flexibility index (Phi) is 7.49. The Morgan fingerprint density at radius 2 is 2.04 bits per heavy atom. The lowest BCUT2D eigenvalue weighted by atomic mass is 10.1. The van der Waals surface area contributed by atoms with Crippen LogP contribution in [0.1, 0.15) is 51.7 Å². The highest BCUT2D eigenvalue weighted by Gasteiger charge is 2.17. The molecule has 0 heterocycles. The minimum atomic E-state index is -0.497. The Labute approximate surface area is 138 Å². The first-order chi connectivity index (χ1) is 10.7. The van der Waals surface area contributed by atoms with Crippen molar-refractivity contribution in [2.24, 2.45) is 0 Å². The topological polar surface area (TPSA) is 50.4 Å². The number of halogens is 1. The molecule has 1 amide bonds. The van der Waals surface area contributed by atoms with Crippen LogP contribution in [-0.4, -0.2) is 24.3 Å². The summed E-state index contributed by atoms with van der Waals surface area (Å²) in [6.45, 7) is 10.5. The lowest BCUT2D eigenvalue weighted by Crippen LogP contribution is -2.42. The molecular formula is C18H29FN2O2. The first-order valence-electron chi connectivity index (χ1n) is 8.16. The van der Waals surface area contributed by atoms with Crippen molar-refractivity contribution in [1.82, 2.24) is 10.6 Å². The number of amides is 1. The maximum atomic E-state index is 13.3. The van der Waals surface area contributed by atoms with E-state index in [4.69, 9.17) is 4.74 Å². The summed E-state index contributed by atoms with van der Waals surface area (Å²) < 4.78 is 18.5. The summed E-state index contributed by atoms with van der Waals surface area (Å²) in [4.78, 5) is 11.7. The van der Waals surface area contributed by atoms with Crippen LogP contribution < -0.4 is 10.6 Å². The number of hydrogen-bond donors (Lipinski definition) is 2. The van der Waals surface area contributed by atoms with Crippen molar-refractivity contribution in [3.05, 3.63) is 35.1 Å². The zero-order chi connectivity index (χ0) is 17.5. The molecular weight excluding hydrogens is 295 g/mol. The van der Waals surface area contributed by atoms with E-state index in [2.05, 4.69) is 17.6 Å². The Bertz CT molecular complexity index is 512. The third-order valence-corrected chi connectivity index (χ3v) is 3.35. The minimum Gasteiger partial charge on any atom is -0.444 e. The van der Waals surface area contributed by atoms with Crippen LogP contribution in [0.5, 0.6) is 0 Å². The molecule has 23 heavy (non-hydrogen) atoms. The number of alkyl carbamates (subject to hydrolysis) is 1. The zero-order valence-electron chi connectivity index (χ0n) is 14.8. The predicted octanol–water partition coefficient (Wildman–Crippen LogP) is 3.92. The highest BCUT2D eigenvalue weighted by molar-refractivity contribution is 5.67. The fourth-order valence-electron chi connectivity index (χ4n) is 2.22. The molecule has 0 fully saturated rings. The van der Waals surface area contributed by atoms with Gasteiger partial charge < -0.3 is 15.4 Å². The van der Waals surface area contributed by atoms with Crippen LogP contribution in [0.4, 0.5) is 9.18 Å². The molecule has 130 valence electrons. The summed E-state index contributed by atoms with van der Waals surface area (Å²) in [5.74, 6) is -0.189. The number of hydrogen-bond acceptors (Lipinski definition) is 3. The second-order valence-corrected chi connectivity index (χ2v) is 6.83. The van der Waals surface area contributed by atoms with E-state index in [1.54, 1.807) is 13.0 Å². The van der Waals surface area contributed by atoms with Crippen molar-refractivity contribution in [3.8, 4) is 0 Å². The number of ether oxygens (including phenoxy) is 1. The fourth-order valence-corrected chi connectivity index (χ4v) is 2.22. The quantitative estimate of drug-likeness (QED) is 0.799. The third kappa shape index (κ3) is 7.98. The number of benzene rings is 1. The highest BCUT2D eigenvalue weighted by Crippen LogP contribution is 2.10. The van der Waals surface area contributed by atoms with Crippen LogP contribution in [0.3, 0.4) is 0 Å². The average Bonchev–Trinajstić information content (AvgIpc) is 2.43. The van der Waals surface area contributed by atoms with E-state index < -0.39 is 11.7 Å². The van der Waals surface area contributed by atoms with Crippen molar-refractivity contribution in [2.75, 3.05) is 6.54 Å². The van der Waals surface area contributed by atoms with E-state index in [9.17, 15) is 9.18 Å². The molecule has 1 atom stereocenters. The van der Waals surface area contributed by atoms with Crippen molar-refractivity contribution >= 4 is 6.09 Å². The average molecular weight is 324 g/mol. The third-order valence-electron chi connectivity index (χ3n) is 3.35. The molecule has 2 N–H and O–H groups in total. The summed E-state index contributed by atoms with van der Waals surface area (Å²) in [7, 11) is 0. The largest absolute Gasteiger partial charge is 0.444 e. The van der Waals surface area contributed by atoms with E-state index in [0.29, 0.717) is 18.7 Å². The summed E-state index contributed by atoms with van der Waals surface area (Å²) >= 11 is 0. The molecule has 0 saturated heterocycles. The second-order valence-electron chi connectivity index (χ2n) is 6.83. The molecule has 0 aliphatic rings. The van der Waals surface area contributed by atoms with E-state index in [-0.39, 0.29) is 11.9 Å². The van der Waals surface area contributed by atoms with Gasteiger partial charge in [0.2, 0.25) is 0 Å². The van der Waals surface area contributed by atoms with Gasteiger partial charge in [-0.3, -0.25) is 0 Å². The molecule has 0 saturated carbocycles. The molecule has 1 aromatic rings. The van der Waals surface area contributed by atoms with Crippen molar-refractivity contribution < 1.29 is 13.9 Å². The van der Waals surface area contributed by atoms with E-state index in [1.807, 2.05) is 26.8 Å². The number of nitrogens with one attached hydrogen (secondary N) is 2. The molecule has 1 aromatic carbocycles. The summed E-state index contributed by atoms with van der Waals surface area (Å²) in [6.07, 6.45) is 1.55. The number of carbonyl (C=O) groups is 1. The van der Waals surface area contributed by atoms with Gasteiger partial charge in [0.15, 0.2) is 0 Å². The van der Waals surface area contributed by atoms with Gasteiger partial charge in [-0.05, 0) is 51.3 Å². The van der Waals surface area contributed by atoms with Crippen LogP contribution >= 0.6 is 0 Å². The molecule has 4 nitrogen and oxygen atoms in total. The normalized spacial score (nSPS) is 12.8. The molecule has 5 heteroatoms. The van der Waals surface area contributed by atoms with Gasteiger partial charge in [-0.25, -0.2) is 9.18 Å². The predicted molar refractivity (Wildman–Crippen MR) is 90.9 cm³/mol. The van der Waals surface area contributed by atoms with Crippen molar-refractivity contribution in [3.63, 3.8) is 0 Å². The zero-order valence-corrected chi connectivity index (χ0v) is 14.8. The molecule has 0 aromatic heterocycles. The Morgan fingerprint density at radius 1 is 1.35 bits per heavy atom. The summed E-state index contributed by atoms with van der Waals surface area (Å²) in [5.41, 5.74) is 1.18. The summed E-state index contributed by atoms with van der Waals surface area (Å²) in [6, 6.07) is 5.25. The number of carbonyl (C=O) groups excluding carboxylic acids is 1. The molecule has 0 aliphatic heterocycles. The first kappa shape index (κ1) is 19.4. The number of rotatable bonds is 7. The SMILES string of the molecule is CCCC(CNC(=O)OC(C)(C)C)NCc1ccc(F)c(C)c1. The second kappa shape index (κ2) is 8.87. The van der Waals surface area contributed by atoms with E-state index in [0.717, 1.165) is 18.4 Å². The molecule has 1 rings (SSSR count). The molecule has 0 radical (unpaired) electrons. The number of aryl methyl sites for hydroxylation is 1. The van der Waals surface area contributed by atoms with E-state index >= 15 is 0 Å². The molecule has 0 aliphatic carbocycles.